The van der Waals surface area contributed by atoms with Crippen LogP contribution in [0, 0.1) is 5.82 Å². The lowest BCUT2D eigenvalue weighted by Crippen LogP contribution is -2.28. The van der Waals surface area contributed by atoms with Crippen molar-refractivity contribution in [2.45, 2.75) is 33.0 Å². The molecular weight excluding hydrogens is 435 g/mol. The summed E-state index contributed by atoms with van der Waals surface area (Å²) in [5.74, 6) is 0.00492. The van der Waals surface area contributed by atoms with Crippen molar-refractivity contribution >= 4 is 0 Å². The number of rotatable bonds is 5. The molecule has 0 amide bonds. The molecule has 0 fully saturated rings. The maximum absolute atomic E-state index is 14.1. The molecular formula is C25H25FN6O2. The zero-order valence-electron chi connectivity index (χ0n) is 19.2. The Bertz CT molecular complexity index is 1400. The summed E-state index contributed by atoms with van der Waals surface area (Å²) in [5, 5.41) is 8.13. The number of nitrogens with one attached hydrogen (secondary N) is 1. The zero-order chi connectivity index (χ0) is 23.8. The summed E-state index contributed by atoms with van der Waals surface area (Å²) in [7, 11) is 1.69. The minimum atomic E-state index is -0.390. The van der Waals surface area contributed by atoms with Crippen molar-refractivity contribution in [3.63, 3.8) is 0 Å². The minimum absolute atomic E-state index is 0.107. The van der Waals surface area contributed by atoms with E-state index in [1.165, 1.54) is 22.8 Å². The second-order valence-electron chi connectivity index (χ2n) is 8.55. The molecule has 0 bridgehead atoms. The lowest BCUT2D eigenvalue weighted by molar-refractivity contribution is 0.242. The summed E-state index contributed by atoms with van der Waals surface area (Å²) in [6, 6.07) is 9.63. The summed E-state index contributed by atoms with van der Waals surface area (Å²) < 4.78 is 23.5. The van der Waals surface area contributed by atoms with Crippen molar-refractivity contribution in [1.29, 1.82) is 0 Å². The second kappa shape index (κ2) is 8.83. The van der Waals surface area contributed by atoms with Gasteiger partial charge in [-0.15, -0.1) is 0 Å². The number of nitrogens with zero attached hydrogens (tertiary/aromatic N) is 5. The molecule has 1 aliphatic heterocycles. The first-order valence-corrected chi connectivity index (χ1v) is 11.2. The number of benzene rings is 1. The Hall–Kier alpha value is -3.85. The van der Waals surface area contributed by atoms with Gasteiger partial charge in [0.15, 0.2) is 0 Å². The number of ether oxygens (including phenoxy) is 1. The number of hydrogen-bond donors (Lipinski definition) is 1. The van der Waals surface area contributed by atoms with Crippen LogP contribution in [0.4, 0.5) is 4.39 Å². The van der Waals surface area contributed by atoms with Crippen LogP contribution in [0.3, 0.4) is 0 Å². The van der Waals surface area contributed by atoms with Gasteiger partial charge in [-0.1, -0.05) is 0 Å². The Morgan fingerprint density at radius 2 is 1.97 bits per heavy atom. The van der Waals surface area contributed by atoms with Gasteiger partial charge in [-0.25, -0.2) is 9.37 Å². The molecule has 0 radical (unpaired) electrons. The Morgan fingerprint density at radius 3 is 2.74 bits per heavy atom. The first kappa shape index (κ1) is 22.0. The fraction of sp³-hybridized carbons (Fsp3) is 0.280. The highest BCUT2D eigenvalue weighted by Crippen LogP contribution is 2.37. The Morgan fingerprint density at radius 1 is 1.12 bits per heavy atom. The molecule has 174 valence electrons. The van der Waals surface area contributed by atoms with E-state index < -0.39 is 0 Å². The zero-order valence-corrected chi connectivity index (χ0v) is 19.2. The van der Waals surface area contributed by atoms with E-state index in [2.05, 4.69) is 5.32 Å². The Kier molecular flexibility index (Phi) is 5.70. The molecule has 5 rings (SSSR count). The number of hydrogen-bond acceptors (Lipinski definition) is 6. The van der Waals surface area contributed by atoms with E-state index in [4.69, 9.17) is 19.8 Å². The third kappa shape index (κ3) is 4.22. The monoisotopic (exact) mass is 460 g/mol. The molecule has 8 nitrogen and oxygen atoms in total. The number of aromatic nitrogens is 5. The van der Waals surface area contributed by atoms with E-state index in [9.17, 15) is 9.18 Å². The number of aryl methyl sites for hydroxylation is 1. The van der Waals surface area contributed by atoms with Crippen molar-refractivity contribution < 1.29 is 9.13 Å². The quantitative estimate of drug-likeness (QED) is 0.491. The fourth-order valence-electron chi connectivity index (χ4n) is 4.00. The Labute approximate surface area is 196 Å². The van der Waals surface area contributed by atoms with E-state index >= 15 is 0 Å². The highest BCUT2D eigenvalue weighted by Gasteiger charge is 2.22. The normalized spacial score (nSPS) is 13.2. The van der Waals surface area contributed by atoms with E-state index in [1.54, 1.807) is 31.6 Å². The van der Waals surface area contributed by atoms with Gasteiger partial charge in [0.05, 0.1) is 30.2 Å². The number of halogens is 1. The van der Waals surface area contributed by atoms with Crippen molar-refractivity contribution in [1.82, 2.24) is 29.6 Å². The summed E-state index contributed by atoms with van der Waals surface area (Å²) in [6.45, 7) is 6.10. The minimum Gasteiger partial charge on any atom is -0.490 e. The third-order valence-electron chi connectivity index (χ3n) is 5.63. The SMILES string of the molecule is CC(C)Oc1cc(F)ccc1-c1ncc(-c2ccc(=O)n(C)c2)nc1-c1cc2n(n1)CCNC2. The third-order valence-corrected chi connectivity index (χ3v) is 5.63. The Balaban J connectivity index is 1.71. The molecule has 0 aliphatic carbocycles. The van der Waals surface area contributed by atoms with Crippen LogP contribution < -0.4 is 15.6 Å². The summed E-state index contributed by atoms with van der Waals surface area (Å²) >= 11 is 0. The van der Waals surface area contributed by atoms with E-state index in [-0.39, 0.29) is 17.5 Å². The number of pyridine rings is 1. The lowest BCUT2D eigenvalue weighted by Gasteiger charge is -2.16. The number of fused-ring (bicyclic) bond motifs is 1. The van der Waals surface area contributed by atoms with Crippen molar-refractivity contribution in [3.8, 4) is 39.7 Å². The summed E-state index contributed by atoms with van der Waals surface area (Å²) in [5.41, 5.74) is 4.73. The van der Waals surface area contributed by atoms with Crippen molar-refractivity contribution in [2.75, 3.05) is 6.54 Å². The molecule has 4 heterocycles. The smallest absolute Gasteiger partial charge is 0.250 e. The van der Waals surface area contributed by atoms with E-state index in [1.807, 2.05) is 24.6 Å². The molecule has 4 aromatic rings. The van der Waals surface area contributed by atoms with Crippen LogP contribution in [0.1, 0.15) is 19.5 Å². The van der Waals surface area contributed by atoms with Gasteiger partial charge in [0.2, 0.25) is 5.56 Å². The van der Waals surface area contributed by atoms with Crippen LogP contribution in [-0.4, -0.2) is 37.0 Å². The highest BCUT2D eigenvalue weighted by atomic mass is 19.1. The molecule has 0 unspecified atom stereocenters. The fourth-order valence-corrected chi connectivity index (χ4v) is 4.00. The lowest BCUT2D eigenvalue weighted by atomic mass is 10.1. The van der Waals surface area contributed by atoms with Crippen LogP contribution in [0.25, 0.3) is 33.9 Å². The molecule has 1 aliphatic rings. The van der Waals surface area contributed by atoms with Gasteiger partial charge in [-0.3, -0.25) is 14.5 Å². The van der Waals surface area contributed by atoms with Crippen LogP contribution in [0.15, 0.2) is 53.6 Å². The molecule has 0 spiro atoms. The molecule has 34 heavy (non-hydrogen) atoms. The van der Waals surface area contributed by atoms with Gasteiger partial charge >= 0.3 is 0 Å². The summed E-state index contributed by atoms with van der Waals surface area (Å²) in [6.07, 6.45) is 3.23. The van der Waals surface area contributed by atoms with Crippen LogP contribution in [-0.2, 0) is 20.1 Å². The maximum Gasteiger partial charge on any atom is 0.250 e. The molecule has 0 saturated heterocycles. The first-order chi connectivity index (χ1) is 16.4. The largest absolute Gasteiger partial charge is 0.490 e. The average molecular weight is 461 g/mol. The van der Waals surface area contributed by atoms with Gasteiger partial charge < -0.3 is 14.6 Å². The van der Waals surface area contributed by atoms with Gasteiger partial charge in [0.1, 0.15) is 28.6 Å². The molecule has 1 aromatic carbocycles. The summed E-state index contributed by atoms with van der Waals surface area (Å²) in [4.78, 5) is 21.5. The van der Waals surface area contributed by atoms with Crippen LogP contribution in [0.2, 0.25) is 0 Å². The van der Waals surface area contributed by atoms with Crippen molar-refractivity contribution in [3.05, 3.63) is 70.7 Å². The second-order valence-corrected chi connectivity index (χ2v) is 8.55. The van der Waals surface area contributed by atoms with Gasteiger partial charge in [-0.05, 0) is 38.1 Å². The standard InChI is InChI=1S/C25H25FN6O2/c1-15(2)34-22-10-17(26)5-6-19(22)24-25(20-11-18-12-27-8-9-32(18)30-20)29-21(13-28-24)16-4-7-23(33)31(3)14-16/h4-7,10-11,13-15,27H,8-9,12H2,1-3H3. The van der Waals surface area contributed by atoms with Gasteiger partial charge in [-0.2, -0.15) is 5.10 Å². The molecule has 1 N–H and O–H groups in total. The van der Waals surface area contributed by atoms with E-state index in [0.29, 0.717) is 40.6 Å². The highest BCUT2D eigenvalue weighted by molar-refractivity contribution is 5.81. The predicted molar refractivity (Wildman–Crippen MR) is 127 cm³/mol. The van der Waals surface area contributed by atoms with Gasteiger partial charge in [0.25, 0.3) is 0 Å². The molecule has 3 aromatic heterocycles. The molecule has 0 saturated carbocycles. The first-order valence-electron chi connectivity index (χ1n) is 11.2. The van der Waals surface area contributed by atoms with Crippen LogP contribution in [0.5, 0.6) is 5.75 Å². The van der Waals surface area contributed by atoms with Gasteiger partial charge in [0, 0.05) is 49.6 Å². The average Bonchev–Trinajstić information content (AvgIpc) is 3.25. The van der Waals surface area contributed by atoms with E-state index in [0.717, 1.165) is 24.3 Å². The maximum atomic E-state index is 14.1. The van der Waals surface area contributed by atoms with Crippen LogP contribution >= 0.6 is 0 Å². The van der Waals surface area contributed by atoms with Crippen molar-refractivity contribution in [2.24, 2.45) is 7.05 Å². The topological polar surface area (TPSA) is 86.9 Å². The predicted octanol–water partition coefficient (Wildman–Crippen LogP) is 3.40. The molecule has 0 atom stereocenters. The molecule has 9 heteroatoms.